The zero-order chi connectivity index (χ0) is 26.3. The molecule has 0 amide bonds. The minimum absolute atomic E-state index is 0.114. The van der Waals surface area contributed by atoms with E-state index in [0.717, 1.165) is 47.7 Å². The fourth-order valence-corrected chi connectivity index (χ4v) is 5.11. The highest BCUT2D eigenvalue weighted by Gasteiger charge is 2.26. The van der Waals surface area contributed by atoms with E-state index in [1.54, 1.807) is 10.8 Å². The lowest BCUT2D eigenvalue weighted by Gasteiger charge is -2.41. The van der Waals surface area contributed by atoms with Gasteiger partial charge >= 0.3 is 5.69 Å². The van der Waals surface area contributed by atoms with E-state index in [9.17, 15) is 9.59 Å². The number of H-pyrrole nitrogens is 2. The third kappa shape index (κ3) is 4.98. The SMILES string of the molecule is CCn1cc(CN2CCN(c3cccc4[nH]c(-c5ccc(C(C)(C)C)cc5)nc34)C[C@@H]2C)c(=O)[nH]c1=O. The smallest absolute Gasteiger partial charge is 0.328 e. The number of rotatable bonds is 5. The van der Waals surface area contributed by atoms with Crippen LogP contribution in [0.4, 0.5) is 5.69 Å². The summed E-state index contributed by atoms with van der Waals surface area (Å²) in [7, 11) is 0. The Labute approximate surface area is 217 Å². The van der Waals surface area contributed by atoms with Gasteiger partial charge < -0.3 is 14.5 Å². The third-order valence-corrected chi connectivity index (χ3v) is 7.42. The predicted octanol–water partition coefficient (Wildman–Crippen LogP) is 4.11. The van der Waals surface area contributed by atoms with Crippen molar-refractivity contribution in [2.75, 3.05) is 24.5 Å². The van der Waals surface area contributed by atoms with Crippen molar-refractivity contribution < 1.29 is 0 Å². The predicted molar refractivity (Wildman–Crippen MR) is 149 cm³/mol. The van der Waals surface area contributed by atoms with Gasteiger partial charge in [0.05, 0.1) is 11.2 Å². The molecule has 5 rings (SSSR count). The molecule has 0 bridgehead atoms. The fourth-order valence-electron chi connectivity index (χ4n) is 5.11. The van der Waals surface area contributed by atoms with Gasteiger partial charge in [-0.1, -0.05) is 51.1 Å². The van der Waals surface area contributed by atoms with Crippen molar-refractivity contribution in [2.24, 2.45) is 0 Å². The summed E-state index contributed by atoms with van der Waals surface area (Å²) in [5.41, 5.74) is 5.58. The lowest BCUT2D eigenvalue weighted by molar-refractivity contribution is 0.180. The number of imidazole rings is 1. The molecular formula is C29H36N6O2. The van der Waals surface area contributed by atoms with Crippen LogP contribution in [0, 0.1) is 0 Å². The molecule has 3 heterocycles. The number of nitrogens with zero attached hydrogens (tertiary/aromatic N) is 4. The Morgan fingerprint density at radius 2 is 1.78 bits per heavy atom. The van der Waals surface area contributed by atoms with Crippen molar-refractivity contribution in [1.29, 1.82) is 0 Å². The Bertz CT molecular complexity index is 1520. The molecule has 4 aromatic rings. The molecule has 2 aromatic carbocycles. The zero-order valence-corrected chi connectivity index (χ0v) is 22.3. The summed E-state index contributed by atoms with van der Waals surface area (Å²) in [5.74, 6) is 0.875. The lowest BCUT2D eigenvalue weighted by atomic mass is 9.87. The number of hydrogen-bond donors (Lipinski definition) is 2. The quantitative estimate of drug-likeness (QED) is 0.431. The highest BCUT2D eigenvalue weighted by Crippen LogP contribution is 2.31. The molecule has 194 valence electrons. The molecule has 0 radical (unpaired) electrons. The molecule has 2 N–H and O–H groups in total. The second-order valence-corrected chi connectivity index (χ2v) is 11.1. The fraction of sp³-hybridized carbons (Fsp3) is 0.414. The summed E-state index contributed by atoms with van der Waals surface area (Å²) in [5, 5.41) is 0. The first kappa shape index (κ1) is 25.0. The second kappa shape index (κ2) is 9.67. The van der Waals surface area contributed by atoms with Gasteiger partial charge in [-0.05, 0) is 37.0 Å². The third-order valence-electron chi connectivity index (χ3n) is 7.42. The minimum atomic E-state index is -0.356. The number of para-hydroxylation sites is 1. The van der Waals surface area contributed by atoms with Crippen LogP contribution in [0.5, 0.6) is 0 Å². The molecule has 8 nitrogen and oxygen atoms in total. The molecule has 0 unspecified atom stereocenters. The number of aryl methyl sites for hydroxylation is 1. The molecule has 1 fully saturated rings. The molecule has 1 saturated heterocycles. The van der Waals surface area contributed by atoms with Crippen LogP contribution in [0.3, 0.4) is 0 Å². The van der Waals surface area contributed by atoms with Crippen LogP contribution in [-0.2, 0) is 18.5 Å². The van der Waals surface area contributed by atoms with E-state index in [1.807, 2.05) is 6.92 Å². The monoisotopic (exact) mass is 500 g/mol. The van der Waals surface area contributed by atoms with Crippen LogP contribution in [-0.4, -0.2) is 50.1 Å². The number of piperazine rings is 1. The van der Waals surface area contributed by atoms with Crippen LogP contribution in [0.25, 0.3) is 22.4 Å². The van der Waals surface area contributed by atoms with E-state index in [1.165, 1.54) is 5.56 Å². The van der Waals surface area contributed by atoms with Gasteiger partial charge in [0, 0.05) is 56.1 Å². The summed E-state index contributed by atoms with van der Waals surface area (Å²) in [6.45, 7) is 14.3. The maximum atomic E-state index is 12.4. The summed E-state index contributed by atoms with van der Waals surface area (Å²) in [4.78, 5) is 40.0. The highest BCUT2D eigenvalue weighted by molar-refractivity contribution is 5.91. The van der Waals surface area contributed by atoms with Gasteiger partial charge in [-0.2, -0.15) is 0 Å². The molecule has 1 atom stereocenters. The van der Waals surface area contributed by atoms with Crippen molar-refractivity contribution in [2.45, 2.75) is 59.2 Å². The number of hydrogen-bond acceptors (Lipinski definition) is 5. The van der Waals surface area contributed by atoms with Gasteiger partial charge in [-0.3, -0.25) is 14.7 Å². The van der Waals surface area contributed by atoms with Gasteiger partial charge in [0.15, 0.2) is 0 Å². The molecular weight excluding hydrogens is 464 g/mol. The molecule has 8 heteroatoms. The van der Waals surface area contributed by atoms with Gasteiger partial charge in [0.1, 0.15) is 11.3 Å². The summed E-state index contributed by atoms with van der Waals surface area (Å²) in [6, 6.07) is 15.2. The van der Waals surface area contributed by atoms with E-state index < -0.39 is 0 Å². The van der Waals surface area contributed by atoms with Crippen LogP contribution in [0.2, 0.25) is 0 Å². The van der Waals surface area contributed by atoms with Crippen LogP contribution in [0.1, 0.15) is 45.7 Å². The molecule has 0 spiro atoms. The highest BCUT2D eigenvalue weighted by atomic mass is 16.2. The van der Waals surface area contributed by atoms with Crippen molar-refractivity contribution in [3.63, 3.8) is 0 Å². The number of aromatic amines is 2. The Balaban J connectivity index is 1.36. The molecule has 2 aromatic heterocycles. The molecule has 1 aliphatic heterocycles. The molecule has 0 aliphatic carbocycles. The van der Waals surface area contributed by atoms with Crippen molar-refractivity contribution in [3.8, 4) is 11.4 Å². The van der Waals surface area contributed by atoms with Gasteiger partial charge in [0.25, 0.3) is 5.56 Å². The number of benzene rings is 2. The van der Waals surface area contributed by atoms with Gasteiger partial charge in [-0.15, -0.1) is 0 Å². The Morgan fingerprint density at radius 1 is 1.03 bits per heavy atom. The van der Waals surface area contributed by atoms with E-state index in [4.69, 9.17) is 4.98 Å². The summed E-state index contributed by atoms with van der Waals surface area (Å²) < 4.78 is 1.55. The Kier molecular flexibility index (Phi) is 6.54. The van der Waals surface area contributed by atoms with Crippen molar-refractivity contribution >= 4 is 16.7 Å². The summed E-state index contributed by atoms with van der Waals surface area (Å²) >= 11 is 0. The van der Waals surface area contributed by atoms with Crippen LogP contribution >= 0.6 is 0 Å². The van der Waals surface area contributed by atoms with Crippen LogP contribution < -0.4 is 16.1 Å². The Morgan fingerprint density at radius 3 is 2.46 bits per heavy atom. The first-order valence-electron chi connectivity index (χ1n) is 13.1. The van der Waals surface area contributed by atoms with Crippen LogP contribution in [0.15, 0.2) is 58.3 Å². The first-order chi connectivity index (χ1) is 17.6. The largest absolute Gasteiger partial charge is 0.367 e. The normalized spacial score (nSPS) is 17.0. The van der Waals surface area contributed by atoms with E-state index >= 15 is 0 Å². The average Bonchev–Trinajstić information content (AvgIpc) is 3.31. The van der Waals surface area contributed by atoms with E-state index in [2.05, 4.69) is 89.9 Å². The first-order valence-corrected chi connectivity index (χ1v) is 13.1. The molecule has 37 heavy (non-hydrogen) atoms. The second-order valence-electron chi connectivity index (χ2n) is 11.1. The lowest BCUT2D eigenvalue weighted by Crippen LogP contribution is -2.52. The van der Waals surface area contributed by atoms with E-state index in [-0.39, 0.29) is 22.7 Å². The number of fused-ring (bicyclic) bond motifs is 1. The number of aromatic nitrogens is 4. The maximum absolute atomic E-state index is 12.4. The Hall–Kier alpha value is -3.65. The minimum Gasteiger partial charge on any atom is -0.367 e. The van der Waals surface area contributed by atoms with Crippen molar-refractivity contribution in [3.05, 3.63) is 80.6 Å². The zero-order valence-electron chi connectivity index (χ0n) is 22.3. The standard InChI is InChI=1S/C29H36N6O2/c1-6-33-17-21(27(36)32-28(33)37)18-34-14-15-35(16-19(34)2)24-9-7-8-23-25(24)31-26(30-23)20-10-12-22(13-11-20)29(3,4)5/h7-13,17,19H,6,14-16,18H2,1-5H3,(H,30,31)(H,32,36,37)/t19-/m0/s1. The topological polar surface area (TPSA) is 90.0 Å². The molecule has 1 aliphatic rings. The number of nitrogens with one attached hydrogen (secondary N) is 2. The number of anilines is 1. The van der Waals surface area contributed by atoms with Crippen molar-refractivity contribution in [1.82, 2.24) is 24.4 Å². The van der Waals surface area contributed by atoms with Gasteiger partial charge in [-0.25, -0.2) is 9.78 Å². The average molecular weight is 501 g/mol. The van der Waals surface area contributed by atoms with E-state index in [0.29, 0.717) is 18.7 Å². The summed E-state index contributed by atoms with van der Waals surface area (Å²) in [6.07, 6.45) is 1.69. The molecule has 0 saturated carbocycles. The van der Waals surface area contributed by atoms with Gasteiger partial charge in [0.2, 0.25) is 0 Å². The maximum Gasteiger partial charge on any atom is 0.328 e.